The van der Waals surface area contributed by atoms with E-state index in [-0.39, 0.29) is 23.6 Å². The molecule has 51 heavy (non-hydrogen) atoms. The molecule has 0 bridgehead atoms. The first-order chi connectivity index (χ1) is 24.9. The van der Waals surface area contributed by atoms with E-state index >= 15 is 0 Å². The third-order valence-electron chi connectivity index (χ3n) is 9.17. The average Bonchev–Trinajstić information content (AvgIpc) is 3.41. The summed E-state index contributed by atoms with van der Waals surface area (Å²) in [4.78, 5) is 44.9. The molecule has 6 aromatic rings. The van der Waals surface area contributed by atoms with Crippen LogP contribution >= 0.6 is 0 Å². The second kappa shape index (κ2) is 14.6. The van der Waals surface area contributed by atoms with Crippen molar-refractivity contribution in [3.63, 3.8) is 0 Å². The molecule has 1 saturated carbocycles. The number of hydrogen-bond donors (Lipinski definition) is 4. The van der Waals surface area contributed by atoms with E-state index in [2.05, 4.69) is 48.7 Å². The fourth-order valence-electron chi connectivity index (χ4n) is 6.64. The van der Waals surface area contributed by atoms with Gasteiger partial charge in [-0.05, 0) is 43.0 Å². The molecule has 1 fully saturated rings. The quantitative estimate of drug-likeness (QED) is 0.0912. The van der Waals surface area contributed by atoms with Crippen LogP contribution < -0.4 is 16.3 Å². The number of urea groups is 1. The largest absolute Gasteiger partial charge is 0.441 e. The Morgan fingerprint density at radius 3 is 2.51 bits per heavy atom. The SMILES string of the molecule is CCCC1/C(=[N+](/C(=O)NCc2ccccc2)c2ccc(-c3cnn(C)c3)cn2)C1CCCNc1ncc(C#N)c(-c2ccc3[nH]c(=O)[nH]c3c2)n1. The first kappa shape index (κ1) is 33.1. The van der Waals surface area contributed by atoms with Crippen molar-refractivity contribution < 1.29 is 9.37 Å². The van der Waals surface area contributed by atoms with Crippen LogP contribution in [0.4, 0.5) is 16.6 Å². The Balaban J connectivity index is 1.08. The van der Waals surface area contributed by atoms with Gasteiger partial charge in [-0.15, -0.1) is 4.98 Å². The molecule has 1 aliphatic rings. The number of rotatable bonds is 12. The number of aryl methyl sites for hydroxylation is 1. The first-order valence-corrected chi connectivity index (χ1v) is 17.1. The zero-order chi connectivity index (χ0) is 35.3. The lowest BCUT2D eigenvalue weighted by molar-refractivity contribution is -0.337. The monoisotopic (exact) mass is 680 g/mol. The van der Waals surface area contributed by atoms with Crippen LogP contribution in [0.15, 0.2) is 90.2 Å². The Kier molecular flexibility index (Phi) is 9.47. The van der Waals surface area contributed by atoms with Crippen molar-refractivity contribution in [2.45, 2.75) is 39.2 Å². The third-order valence-corrected chi connectivity index (χ3v) is 9.17. The fourth-order valence-corrected chi connectivity index (χ4v) is 6.64. The number of imidazole rings is 1. The molecule has 4 N–H and O–H groups in total. The van der Waals surface area contributed by atoms with Gasteiger partial charge in [0.15, 0.2) is 0 Å². The lowest BCUT2D eigenvalue weighted by Gasteiger charge is -2.08. The zero-order valence-corrected chi connectivity index (χ0v) is 28.4. The second-order valence-electron chi connectivity index (χ2n) is 12.7. The highest BCUT2D eigenvalue weighted by atomic mass is 16.2. The summed E-state index contributed by atoms with van der Waals surface area (Å²) >= 11 is 0. The van der Waals surface area contributed by atoms with Crippen LogP contribution in [0.2, 0.25) is 0 Å². The maximum atomic E-state index is 13.9. The van der Waals surface area contributed by atoms with Gasteiger partial charge in [-0.3, -0.25) is 10.00 Å². The lowest BCUT2D eigenvalue weighted by atomic mass is 10.1. The number of carbonyl (C=O) groups is 1. The number of hydrogen-bond acceptors (Lipinski definition) is 8. The normalized spacial score (nSPS) is 16.1. The molecule has 0 radical (unpaired) electrons. The van der Waals surface area contributed by atoms with Crippen molar-refractivity contribution in [3.05, 3.63) is 107 Å². The standard InChI is InChI=1S/C38H37N11O2/c1-3-8-29-30(11-7-16-40-36-42-21-27(18-39)34(47-36)25-12-14-31-32(17-25)46-37(50)45-31)35(29)49(38(51)43-19-24-9-5-4-6-10-24)33-15-13-26(20-41-33)28-22-44-48(2)23-28/h4-6,9-10,12-15,17,20-23,29-30H,3,7-8,11,16,19H2,1-2H3,(H3-,40,42,43,45,46,47,50,51)/p+1/b49-35-. The number of aromatic amines is 2. The van der Waals surface area contributed by atoms with Gasteiger partial charge in [0.2, 0.25) is 5.95 Å². The number of carbonyl (C=O) groups excluding carboxylic acids is 1. The number of benzene rings is 2. The summed E-state index contributed by atoms with van der Waals surface area (Å²) in [6.07, 6.45) is 10.7. The summed E-state index contributed by atoms with van der Waals surface area (Å²) in [5, 5.41) is 20.4. The maximum Gasteiger partial charge on any atom is 0.441 e. The molecule has 2 aromatic carbocycles. The summed E-state index contributed by atoms with van der Waals surface area (Å²) in [6.45, 7) is 3.19. The summed E-state index contributed by atoms with van der Waals surface area (Å²) in [7, 11) is 1.88. The molecule has 7 rings (SSSR count). The van der Waals surface area contributed by atoms with Crippen LogP contribution in [0.3, 0.4) is 0 Å². The molecule has 4 heterocycles. The highest BCUT2D eigenvalue weighted by molar-refractivity contribution is 6.03. The van der Waals surface area contributed by atoms with Crippen molar-refractivity contribution in [2.24, 2.45) is 18.9 Å². The van der Waals surface area contributed by atoms with Gasteiger partial charge in [-0.25, -0.2) is 19.6 Å². The van der Waals surface area contributed by atoms with Crippen LogP contribution in [0.25, 0.3) is 33.4 Å². The molecular weight excluding hydrogens is 642 g/mol. The van der Waals surface area contributed by atoms with Crippen molar-refractivity contribution in [1.82, 2.24) is 40.0 Å². The van der Waals surface area contributed by atoms with Crippen LogP contribution in [0.5, 0.6) is 0 Å². The zero-order valence-electron chi connectivity index (χ0n) is 28.4. The predicted octanol–water partition coefficient (Wildman–Crippen LogP) is 5.91. The predicted molar refractivity (Wildman–Crippen MR) is 194 cm³/mol. The average molecular weight is 681 g/mol. The molecule has 2 amide bonds. The van der Waals surface area contributed by atoms with Crippen LogP contribution in [-0.4, -0.2) is 57.6 Å². The van der Waals surface area contributed by atoms with E-state index in [1.165, 1.54) is 6.20 Å². The van der Waals surface area contributed by atoms with Crippen LogP contribution in [0, 0.1) is 23.2 Å². The molecule has 13 nitrogen and oxygen atoms in total. The van der Waals surface area contributed by atoms with Crippen molar-refractivity contribution >= 4 is 34.5 Å². The van der Waals surface area contributed by atoms with Gasteiger partial charge in [-0.2, -0.15) is 14.9 Å². The second-order valence-corrected chi connectivity index (χ2v) is 12.7. The molecule has 0 aliphatic heterocycles. The highest BCUT2D eigenvalue weighted by Crippen LogP contribution is 2.43. The molecule has 2 unspecified atom stereocenters. The topological polar surface area (TPSA) is 173 Å². The Morgan fingerprint density at radius 1 is 0.961 bits per heavy atom. The minimum absolute atomic E-state index is 0.197. The molecule has 1 aliphatic carbocycles. The van der Waals surface area contributed by atoms with Crippen molar-refractivity contribution in [2.75, 3.05) is 11.9 Å². The van der Waals surface area contributed by atoms with Gasteiger partial charge in [0.05, 0.1) is 46.9 Å². The molecule has 2 atom stereocenters. The van der Waals surface area contributed by atoms with E-state index < -0.39 is 0 Å². The van der Waals surface area contributed by atoms with E-state index in [0.717, 1.165) is 48.1 Å². The number of nitrogens with one attached hydrogen (secondary N) is 4. The number of H-pyrrole nitrogens is 2. The Labute approximate surface area is 294 Å². The minimum Gasteiger partial charge on any atom is -0.354 e. The minimum atomic E-state index is -0.295. The number of pyridine rings is 1. The first-order valence-electron chi connectivity index (χ1n) is 17.1. The number of anilines is 1. The number of aromatic nitrogens is 7. The van der Waals surface area contributed by atoms with Crippen molar-refractivity contribution in [1.29, 1.82) is 5.26 Å². The summed E-state index contributed by atoms with van der Waals surface area (Å²) in [5.74, 6) is 1.49. The number of fused-ring (bicyclic) bond motifs is 1. The Morgan fingerprint density at radius 2 is 1.76 bits per heavy atom. The highest BCUT2D eigenvalue weighted by Gasteiger charge is 2.50. The molecule has 256 valence electrons. The van der Waals surface area contributed by atoms with Gasteiger partial charge in [0.1, 0.15) is 12.3 Å². The van der Waals surface area contributed by atoms with Crippen molar-refractivity contribution in [3.8, 4) is 28.5 Å². The molecule has 0 saturated heterocycles. The van der Waals surface area contributed by atoms with E-state index in [9.17, 15) is 14.9 Å². The summed E-state index contributed by atoms with van der Waals surface area (Å²) in [5.41, 5.74) is 6.53. The number of nitrogens with zero attached hydrogens (tertiary/aromatic N) is 7. The van der Waals surface area contributed by atoms with E-state index in [1.54, 1.807) is 33.8 Å². The van der Waals surface area contributed by atoms with Gasteiger partial charge >= 0.3 is 11.7 Å². The van der Waals surface area contributed by atoms with E-state index in [1.807, 2.05) is 61.8 Å². The number of amides is 2. The third kappa shape index (κ3) is 7.30. The lowest BCUT2D eigenvalue weighted by Crippen LogP contribution is -2.32. The van der Waals surface area contributed by atoms with Gasteiger partial charge in [0, 0.05) is 54.4 Å². The van der Waals surface area contributed by atoms with E-state index in [4.69, 9.17) is 4.98 Å². The molecular formula is C38H38N11O2+. The summed E-state index contributed by atoms with van der Waals surface area (Å²) in [6, 6.07) is 21.1. The fraction of sp³-hybridized carbons (Fsp3) is 0.263. The van der Waals surface area contributed by atoms with Gasteiger partial charge in [-0.1, -0.05) is 49.7 Å². The molecule has 0 spiro atoms. The maximum absolute atomic E-state index is 13.9. The molecule has 4 aromatic heterocycles. The van der Waals surface area contributed by atoms with E-state index in [0.29, 0.717) is 52.7 Å². The Hall–Kier alpha value is -6.42. The summed E-state index contributed by atoms with van der Waals surface area (Å²) < 4.78 is 3.53. The van der Waals surface area contributed by atoms with Crippen LogP contribution in [0.1, 0.15) is 43.7 Å². The molecule has 13 heteroatoms. The van der Waals surface area contributed by atoms with Crippen LogP contribution in [-0.2, 0) is 13.6 Å². The smallest absolute Gasteiger partial charge is 0.354 e. The van der Waals surface area contributed by atoms with Gasteiger partial charge in [0.25, 0.3) is 5.82 Å². The number of nitriles is 1. The Bertz CT molecular complexity index is 2310. The van der Waals surface area contributed by atoms with Gasteiger partial charge < -0.3 is 15.3 Å².